The number of non-ortho nitro benzene ring substituents is 1. The summed E-state index contributed by atoms with van der Waals surface area (Å²) in [5, 5.41) is 13.9. The van der Waals surface area contributed by atoms with Crippen molar-refractivity contribution >= 4 is 49.1 Å². The van der Waals surface area contributed by atoms with Crippen molar-refractivity contribution in [3.63, 3.8) is 0 Å². The zero-order chi connectivity index (χ0) is 25.5. The number of nitrogens with zero attached hydrogens (tertiary/aromatic N) is 3. The largest absolute Gasteiger partial charge is 0.354 e. The number of nitrogens with one attached hydrogen (secondary N) is 1. The Hall–Kier alpha value is -2.99. The monoisotopic (exact) mass is 554 g/mol. The lowest BCUT2D eigenvalue weighted by atomic mass is 10.1. The summed E-state index contributed by atoms with van der Waals surface area (Å²) in [7, 11) is -3.97. The molecule has 0 heterocycles. The van der Waals surface area contributed by atoms with E-state index in [2.05, 4.69) is 21.2 Å². The van der Waals surface area contributed by atoms with E-state index in [1.54, 1.807) is 31.2 Å². The summed E-state index contributed by atoms with van der Waals surface area (Å²) in [6, 6.07) is 11.3. The van der Waals surface area contributed by atoms with Gasteiger partial charge in [-0.3, -0.25) is 24.0 Å². The Morgan fingerprint density at radius 2 is 1.82 bits per heavy atom. The molecule has 2 aromatic carbocycles. The fourth-order valence-electron chi connectivity index (χ4n) is 3.14. The van der Waals surface area contributed by atoms with Crippen LogP contribution >= 0.6 is 15.9 Å². The number of carbonyl (C=O) groups is 2. The van der Waals surface area contributed by atoms with Crippen LogP contribution in [0.25, 0.3) is 0 Å². The second-order valence-electron chi connectivity index (χ2n) is 7.66. The lowest BCUT2D eigenvalue weighted by Gasteiger charge is -2.31. The molecule has 0 unspecified atom stereocenters. The quantitative estimate of drug-likeness (QED) is 0.335. The number of halogens is 1. The SMILES string of the molecule is CCCNC(=O)[C@@H](C)N(Cc1ccc(Br)cc1)C(=O)CN(c1cccc([N+](=O)[O-])c1)S(C)(=O)=O. The maximum absolute atomic E-state index is 13.4. The Labute approximate surface area is 207 Å². The minimum Gasteiger partial charge on any atom is -0.354 e. The molecule has 10 nitrogen and oxygen atoms in total. The molecule has 0 aliphatic carbocycles. The van der Waals surface area contributed by atoms with Gasteiger partial charge < -0.3 is 10.2 Å². The summed E-state index contributed by atoms with van der Waals surface area (Å²) < 4.78 is 26.7. The number of hydrogen-bond donors (Lipinski definition) is 1. The molecule has 12 heteroatoms. The van der Waals surface area contributed by atoms with Crippen LogP contribution in [0.3, 0.4) is 0 Å². The van der Waals surface area contributed by atoms with E-state index in [-0.39, 0.29) is 23.8 Å². The summed E-state index contributed by atoms with van der Waals surface area (Å²) in [4.78, 5) is 37.8. The highest BCUT2D eigenvalue weighted by Gasteiger charge is 2.30. The van der Waals surface area contributed by atoms with Gasteiger partial charge in [-0.1, -0.05) is 41.1 Å². The Morgan fingerprint density at radius 1 is 1.18 bits per heavy atom. The first-order valence-corrected chi connectivity index (χ1v) is 13.1. The number of nitro groups is 1. The topological polar surface area (TPSA) is 130 Å². The van der Waals surface area contributed by atoms with E-state index in [0.717, 1.165) is 26.7 Å². The van der Waals surface area contributed by atoms with Crippen LogP contribution in [-0.2, 0) is 26.2 Å². The number of amides is 2. The molecule has 2 aromatic rings. The third-order valence-corrected chi connectivity index (χ3v) is 6.66. The van der Waals surface area contributed by atoms with Gasteiger partial charge in [0, 0.05) is 29.7 Å². The van der Waals surface area contributed by atoms with Gasteiger partial charge in [0.25, 0.3) is 5.69 Å². The van der Waals surface area contributed by atoms with E-state index < -0.39 is 33.4 Å². The second kappa shape index (κ2) is 11.9. The smallest absolute Gasteiger partial charge is 0.271 e. The molecule has 184 valence electrons. The van der Waals surface area contributed by atoms with Crippen molar-refractivity contribution in [1.82, 2.24) is 10.2 Å². The summed E-state index contributed by atoms with van der Waals surface area (Å²) in [6.07, 6.45) is 1.63. The summed E-state index contributed by atoms with van der Waals surface area (Å²) in [5.41, 5.74) is 0.419. The van der Waals surface area contributed by atoms with Gasteiger partial charge in [0.2, 0.25) is 21.8 Å². The standard InChI is InChI=1S/C22H27BrN4O6S/c1-4-12-24-22(29)16(2)25(14-17-8-10-18(23)11-9-17)21(28)15-26(34(3,32)33)19-6-5-7-20(13-19)27(30)31/h5-11,13,16H,4,12,14-15H2,1-3H3,(H,24,29)/t16-/m1/s1. The van der Waals surface area contributed by atoms with Crippen LogP contribution < -0.4 is 9.62 Å². The first kappa shape index (κ1) is 27.3. The molecule has 1 N–H and O–H groups in total. The van der Waals surface area contributed by atoms with E-state index >= 15 is 0 Å². The van der Waals surface area contributed by atoms with Crippen molar-refractivity contribution in [2.75, 3.05) is 23.7 Å². The van der Waals surface area contributed by atoms with Gasteiger partial charge in [-0.05, 0) is 37.1 Å². The van der Waals surface area contributed by atoms with Crippen molar-refractivity contribution in [3.8, 4) is 0 Å². The molecule has 0 aliphatic rings. The molecule has 34 heavy (non-hydrogen) atoms. The van der Waals surface area contributed by atoms with Gasteiger partial charge >= 0.3 is 0 Å². The molecule has 0 fully saturated rings. The molecule has 0 radical (unpaired) electrons. The van der Waals surface area contributed by atoms with Gasteiger partial charge in [0.1, 0.15) is 12.6 Å². The average Bonchev–Trinajstić information content (AvgIpc) is 2.79. The Kier molecular flexibility index (Phi) is 9.56. The zero-order valence-electron chi connectivity index (χ0n) is 19.1. The van der Waals surface area contributed by atoms with E-state index in [1.807, 2.05) is 6.92 Å². The molecule has 1 atom stereocenters. The highest BCUT2D eigenvalue weighted by atomic mass is 79.9. The highest BCUT2D eigenvalue weighted by Crippen LogP contribution is 2.24. The number of benzene rings is 2. The Balaban J connectivity index is 2.40. The van der Waals surface area contributed by atoms with Gasteiger partial charge in [-0.15, -0.1) is 0 Å². The third-order valence-electron chi connectivity index (χ3n) is 4.99. The molecular formula is C22H27BrN4O6S. The predicted octanol–water partition coefficient (Wildman–Crippen LogP) is 3.07. The summed E-state index contributed by atoms with van der Waals surface area (Å²) in [6.45, 7) is 3.35. The minimum absolute atomic E-state index is 0.0169. The first-order valence-electron chi connectivity index (χ1n) is 10.5. The molecule has 0 bridgehead atoms. The van der Waals surface area contributed by atoms with Crippen LogP contribution in [0.5, 0.6) is 0 Å². The number of carbonyl (C=O) groups excluding carboxylic acids is 2. The van der Waals surface area contributed by atoms with Crippen LogP contribution in [0, 0.1) is 10.1 Å². The van der Waals surface area contributed by atoms with E-state index in [0.29, 0.717) is 13.0 Å². The fraction of sp³-hybridized carbons (Fsp3) is 0.364. The highest BCUT2D eigenvalue weighted by molar-refractivity contribution is 9.10. The number of nitro benzene ring substituents is 1. The Bertz CT molecular complexity index is 1140. The van der Waals surface area contributed by atoms with Gasteiger partial charge in [-0.25, -0.2) is 8.42 Å². The van der Waals surface area contributed by atoms with E-state index in [9.17, 15) is 28.1 Å². The molecule has 0 aromatic heterocycles. The van der Waals surface area contributed by atoms with Crippen molar-refractivity contribution < 1.29 is 22.9 Å². The van der Waals surface area contributed by atoms with Crippen LogP contribution in [0.1, 0.15) is 25.8 Å². The zero-order valence-corrected chi connectivity index (χ0v) is 21.5. The van der Waals surface area contributed by atoms with Crippen molar-refractivity contribution in [1.29, 1.82) is 0 Å². The second-order valence-corrected chi connectivity index (χ2v) is 10.5. The van der Waals surface area contributed by atoms with Crippen molar-refractivity contribution in [3.05, 3.63) is 68.7 Å². The maximum atomic E-state index is 13.4. The van der Waals surface area contributed by atoms with Crippen molar-refractivity contribution in [2.24, 2.45) is 0 Å². The number of rotatable bonds is 11. The first-order chi connectivity index (χ1) is 15.9. The molecule has 0 saturated carbocycles. The lowest BCUT2D eigenvalue weighted by Crippen LogP contribution is -2.51. The summed E-state index contributed by atoms with van der Waals surface area (Å²) in [5.74, 6) is -0.993. The maximum Gasteiger partial charge on any atom is 0.271 e. The predicted molar refractivity (Wildman–Crippen MR) is 133 cm³/mol. The number of hydrogen-bond acceptors (Lipinski definition) is 6. The third kappa shape index (κ3) is 7.52. The number of anilines is 1. The lowest BCUT2D eigenvalue weighted by molar-refractivity contribution is -0.384. The van der Waals surface area contributed by atoms with Gasteiger partial charge in [-0.2, -0.15) is 0 Å². The average molecular weight is 555 g/mol. The van der Waals surface area contributed by atoms with Crippen molar-refractivity contribution in [2.45, 2.75) is 32.9 Å². The van der Waals surface area contributed by atoms with Crippen LogP contribution in [-0.4, -0.2) is 55.4 Å². The summed E-state index contributed by atoms with van der Waals surface area (Å²) >= 11 is 3.35. The molecule has 0 aliphatic heterocycles. The molecule has 2 amide bonds. The molecule has 2 rings (SSSR count). The molecule has 0 saturated heterocycles. The Morgan fingerprint density at radius 3 is 2.38 bits per heavy atom. The molecule has 0 spiro atoms. The van der Waals surface area contributed by atoms with E-state index in [4.69, 9.17) is 0 Å². The van der Waals surface area contributed by atoms with Gasteiger partial charge in [0.05, 0.1) is 16.9 Å². The van der Waals surface area contributed by atoms with E-state index in [1.165, 1.54) is 23.1 Å². The van der Waals surface area contributed by atoms with Crippen LogP contribution in [0.15, 0.2) is 53.0 Å². The fourth-order valence-corrected chi connectivity index (χ4v) is 4.25. The normalized spacial score (nSPS) is 12.0. The van der Waals surface area contributed by atoms with Crippen LogP contribution in [0.4, 0.5) is 11.4 Å². The van der Waals surface area contributed by atoms with Gasteiger partial charge in [0.15, 0.2) is 0 Å². The number of sulfonamides is 1. The molecular weight excluding hydrogens is 528 g/mol. The minimum atomic E-state index is -3.97. The van der Waals surface area contributed by atoms with Crippen LogP contribution in [0.2, 0.25) is 0 Å².